The van der Waals surface area contributed by atoms with E-state index < -0.39 is 23.6 Å². The molecule has 0 aliphatic heterocycles. The number of carboxylic acid groups (broad SMARTS) is 1. The molecule has 4 rings (SSSR count). The SMILES string of the molecule is C[C@H](CCC(=O)O)[C@H]1CCC2C3C(CC[C@@]21C)[C@@]1(C)CC[C@H](O)C[C@@]1(O)[C@@H]3C=O. The summed E-state index contributed by atoms with van der Waals surface area (Å²) in [6.07, 6.45) is 7.53. The van der Waals surface area contributed by atoms with E-state index in [1.54, 1.807) is 0 Å². The largest absolute Gasteiger partial charge is 0.481 e. The van der Waals surface area contributed by atoms with E-state index in [4.69, 9.17) is 5.11 Å². The molecule has 5 nitrogen and oxygen atoms in total. The zero-order valence-electron chi connectivity index (χ0n) is 18.1. The van der Waals surface area contributed by atoms with Crippen molar-refractivity contribution in [1.29, 1.82) is 0 Å². The van der Waals surface area contributed by atoms with Crippen molar-refractivity contribution in [2.45, 2.75) is 90.3 Å². The summed E-state index contributed by atoms with van der Waals surface area (Å²) >= 11 is 0. The molecule has 4 fully saturated rings. The molecule has 0 aromatic rings. The van der Waals surface area contributed by atoms with E-state index in [1.165, 1.54) is 0 Å². The highest BCUT2D eigenvalue weighted by atomic mass is 16.4. The molecule has 10 atom stereocenters. The predicted octanol–water partition coefficient (Wildman–Crippen LogP) is 3.66. The normalized spacial score (nSPS) is 52.3. The van der Waals surface area contributed by atoms with Crippen LogP contribution in [0.25, 0.3) is 0 Å². The molecular weight excluding hydrogens is 368 g/mol. The van der Waals surface area contributed by atoms with Crippen molar-refractivity contribution in [2.75, 3.05) is 0 Å². The molecule has 0 heterocycles. The Morgan fingerprint density at radius 1 is 1.14 bits per heavy atom. The summed E-state index contributed by atoms with van der Waals surface area (Å²) < 4.78 is 0. The number of fused-ring (bicyclic) bond motifs is 5. The van der Waals surface area contributed by atoms with E-state index in [2.05, 4.69) is 20.8 Å². The maximum absolute atomic E-state index is 12.3. The maximum Gasteiger partial charge on any atom is 0.303 e. The molecule has 5 heteroatoms. The van der Waals surface area contributed by atoms with E-state index in [0.29, 0.717) is 42.9 Å². The van der Waals surface area contributed by atoms with Crippen LogP contribution < -0.4 is 0 Å². The highest BCUT2D eigenvalue weighted by molar-refractivity contribution is 5.66. The Kier molecular flexibility index (Phi) is 5.18. The number of hydrogen-bond acceptors (Lipinski definition) is 4. The van der Waals surface area contributed by atoms with Gasteiger partial charge in [-0.2, -0.15) is 0 Å². The fraction of sp³-hybridized carbons (Fsp3) is 0.917. The summed E-state index contributed by atoms with van der Waals surface area (Å²) in [6, 6.07) is 0. The summed E-state index contributed by atoms with van der Waals surface area (Å²) in [7, 11) is 0. The minimum atomic E-state index is -1.10. The average Bonchev–Trinajstić information content (AvgIpc) is 3.09. The first-order chi connectivity index (χ1) is 13.6. The number of carbonyl (C=O) groups excluding carboxylic acids is 1. The van der Waals surface area contributed by atoms with Crippen LogP contribution in [0.2, 0.25) is 0 Å². The lowest BCUT2D eigenvalue weighted by molar-refractivity contribution is -0.156. The fourth-order valence-electron chi connectivity index (χ4n) is 8.89. The van der Waals surface area contributed by atoms with Gasteiger partial charge in [0.25, 0.3) is 0 Å². The Hall–Kier alpha value is -0.940. The maximum atomic E-state index is 12.3. The summed E-state index contributed by atoms with van der Waals surface area (Å²) in [6.45, 7) is 6.74. The molecule has 4 aliphatic rings. The van der Waals surface area contributed by atoms with Gasteiger partial charge in [-0.3, -0.25) is 4.79 Å². The molecule has 164 valence electrons. The van der Waals surface area contributed by atoms with E-state index in [-0.39, 0.29) is 23.2 Å². The van der Waals surface area contributed by atoms with Gasteiger partial charge in [-0.1, -0.05) is 20.8 Å². The Morgan fingerprint density at radius 2 is 1.86 bits per heavy atom. The minimum Gasteiger partial charge on any atom is -0.481 e. The lowest BCUT2D eigenvalue weighted by Crippen LogP contribution is -2.54. The van der Waals surface area contributed by atoms with Crippen molar-refractivity contribution in [2.24, 2.45) is 46.3 Å². The van der Waals surface area contributed by atoms with Crippen LogP contribution in [-0.4, -0.2) is 39.3 Å². The van der Waals surface area contributed by atoms with Crippen LogP contribution in [0.5, 0.6) is 0 Å². The van der Waals surface area contributed by atoms with Crippen molar-refractivity contribution in [3.8, 4) is 0 Å². The number of rotatable bonds is 5. The second-order valence-electron chi connectivity index (χ2n) is 11.3. The molecule has 4 saturated carbocycles. The van der Waals surface area contributed by atoms with Crippen LogP contribution >= 0.6 is 0 Å². The summed E-state index contributed by atoms with van der Waals surface area (Å²) in [5.74, 6) is 0.633. The van der Waals surface area contributed by atoms with Crippen molar-refractivity contribution in [3.05, 3.63) is 0 Å². The van der Waals surface area contributed by atoms with Gasteiger partial charge >= 0.3 is 5.97 Å². The number of aliphatic carboxylic acids is 1. The highest BCUT2D eigenvalue weighted by Gasteiger charge is 2.72. The first-order valence-electron chi connectivity index (χ1n) is 11.7. The van der Waals surface area contributed by atoms with E-state index in [9.17, 15) is 19.8 Å². The third-order valence-corrected chi connectivity index (χ3v) is 10.4. The summed E-state index contributed by atoms with van der Waals surface area (Å²) in [4.78, 5) is 23.4. The van der Waals surface area contributed by atoms with Crippen molar-refractivity contribution < 1.29 is 24.9 Å². The smallest absolute Gasteiger partial charge is 0.303 e. The lowest BCUT2D eigenvalue weighted by Gasteiger charge is -2.52. The molecule has 3 N–H and O–H groups in total. The molecule has 3 unspecified atom stereocenters. The van der Waals surface area contributed by atoms with Gasteiger partial charge in [0.1, 0.15) is 6.29 Å². The number of aldehydes is 1. The first kappa shape index (κ1) is 21.3. The fourth-order valence-corrected chi connectivity index (χ4v) is 8.89. The van der Waals surface area contributed by atoms with Gasteiger partial charge in [-0.25, -0.2) is 0 Å². The number of aliphatic hydroxyl groups excluding tert-OH is 1. The minimum absolute atomic E-state index is 0.110. The predicted molar refractivity (Wildman–Crippen MR) is 109 cm³/mol. The van der Waals surface area contributed by atoms with Crippen molar-refractivity contribution in [3.63, 3.8) is 0 Å². The zero-order chi connectivity index (χ0) is 21.2. The van der Waals surface area contributed by atoms with Gasteiger partial charge in [-0.05, 0) is 80.0 Å². The molecule has 0 aromatic carbocycles. The van der Waals surface area contributed by atoms with Gasteiger partial charge in [0.15, 0.2) is 0 Å². The van der Waals surface area contributed by atoms with Crippen LogP contribution in [0.1, 0.15) is 78.6 Å². The van der Waals surface area contributed by atoms with Gasteiger partial charge in [0.2, 0.25) is 0 Å². The van der Waals surface area contributed by atoms with Crippen LogP contribution in [-0.2, 0) is 9.59 Å². The van der Waals surface area contributed by atoms with Crippen LogP contribution in [0.15, 0.2) is 0 Å². The zero-order valence-corrected chi connectivity index (χ0v) is 18.1. The van der Waals surface area contributed by atoms with Crippen LogP contribution in [0.4, 0.5) is 0 Å². The Bertz CT molecular complexity index is 678. The molecular formula is C24H38O5. The second-order valence-corrected chi connectivity index (χ2v) is 11.3. The third kappa shape index (κ3) is 2.86. The van der Waals surface area contributed by atoms with Crippen LogP contribution in [0, 0.1) is 46.3 Å². The second kappa shape index (κ2) is 7.05. The third-order valence-electron chi connectivity index (χ3n) is 10.4. The first-order valence-corrected chi connectivity index (χ1v) is 11.7. The quantitative estimate of drug-likeness (QED) is 0.606. The van der Waals surface area contributed by atoms with E-state index in [0.717, 1.165) is 38.4 Å². The highest BCUT2D eigenvalue weighted by Crippen LogP contribution is 2.72. The van der Waals surface area contributed by atoms with Crippen molar-refractivity contribution in [1.82, 2.24) is 0 Å². The number of carbonyl (C=O) groups is 2. The number of aliphatic hydroxyl groups is 2. The Morgan fingerprint density at radius 3 is 2.52 bits per heavy atom. The van der Waals surface area contributed by atoms with Crippen LogP contribution in [0.3, 0.4) is 0 Å². The lowest BCUT2D eigenvalue weighted by atomic mass is 9.53. The number of carboxylic acids is 1. The summed E-state index contributed by atoms with van der Waals surface area (Å²) in [5, 5.41) is 31.2. The molecule has 0 radical (unpaired) electrons. The van der Waals surface area contributed by atoms with Gasteiger partial charge in [0, 0.05) is 24.2 Å². The summed E-state index contributed by atoms with van der Waals surface area (Å²) in [5.41, 5.74) is -1.28. The molecule has 0 aromatic heterocycles. The average molecular weight is 407 g/mol. The molecule has 0 saturated heterocycles. The molecule has 4 aliphatic carbocycles. The monoisotopic (exact) mass is 406 g/mol. The molecule has 29 heavy (non-hydrogen) atoms. The molecule has 0 amide bonds. The molecule has 0 spiro atoms. The Balaban J connectivity index is 1.65. The van der Waals surface area contributed by atoms with E-state index >= 15 is 0 Å². The van der Waals surface area contributed by atoms with Crippen molar-refractivity contribution >= 4 is 12.3 Å². The molecule has 0 bridgehead atoms. The Labute approximate surface area is 174 Å². The number of hydrogen-bond donors (Lipinski definition) is 3. The van der Waals surface area contributed by atoms with Gasteiger partial charge < -0.3 is 20.1 Å². The topological polar surface area (TPSA) is 94.8 Å². The van der Waals surface area contributed by atoms with Gasteiger partial charge in [0.05, 0.1) is 11.7 Å². The van der Waals surface area contributed by atoms with E-state index in [1.807, 2.05) is 0 Å². The standard InChI is InChI=1S/C24H38O5/c1-14(4-7-20(27)28)16-5-6-17-21-18(9-10-22(16,17)2)23(3)11-8-15(26)12-24(23,29)19(21)13-25/h13-19,21,26,29H,4-12H2,1-3H3,(H,27,28)/t14-,15+,16-,17?,18?,19-,21?,22-,23-,24-/m1/s1. The van der Waals surface area contributed by atoms with Gasteiger partial charge in [-0.15, -0.1) is 0 Å².